The van der Waals surface area contributed by atoms with Gasteiger partial charge in [-0.1, -0.05) is 13.0 Å². The Labute approximate surface area is 119 Å². The second-order valence-electron chi connectivity index (χ2n) is 5.06. The molecule has 0 radical (unpaired) electrons. The average molecular weight is 278 g/mol. The van der Waals surface area contributed by atoms with Crippen molar-refractivity contribution in [3.63, 3.8) is 0 Å². The summed E-state index contributed by atoms with van der Waals surface area (Å²) >= 11 is 0. The van der Waals surface area contributed by atoms with Gasteiger partial charge in [-0.15, -0.1) is 0 Å². The molecule has 0 saturated carbocycles. The summed E-state index contributed by atoms with van der Waals surface area (Å²) < 4.78 is 5.02. The van der Waals surface area contributed by atoms with Crippen LogP contribution in [0.1, 0.15) is 30.1 Å². The number of carbonyl (C=O) groups excluding carboxylic acids is 1. The van der Waals surface area contributed by atoms with Gasteiger partial charge in [-0.2, -0.15) is 0 Å². The van der Waals surface area contributed by atoms with E-state index in [0.717, 1.165) is 32.5 Å². The minimum atomic E-state index is -0.246. The fourth-order valence-corrected chi connectivity index (χ4v) is 2.59. The highest BCUT2D eigenvalue weighted by molar-refractivity contribution is 5.97. The number of hydrogen-bond acceptors (Lipinski definition) is 4. The van der Waals surface area contributed by atoms with E-state index < -0.39 is 0 Å². The molecule has 1 aliphatic rings. The van der Waals surface area contributed by atoms with Gasteiger partial charge in [-0.3, -0.25) is 4.79 Å². The lowest BCUT2D eigenvalue weighted by atomic mass is 10.0. The fraction of sp³-hybridized carbons (Fsp3) is 0.533. The van der Waals surface area contributed by atoms with Crippen LogP contribution in [0.5, 0.6) is 11.5 Å². The number of phenols is 1. The molecule has 1 atom stereocenters. The van der Waals surface area contributed by atoms with Crippen LogP contribution in [0.4, 0.5) is 0 Å². The van der Waals surface area contributed by atoms with E-state index in [4.69, 9.17) is 4.74 Å². The molecule has 0 aromatic heterocycles. The molecule has 110 valence electrons. The van der Waals surface area contributed by atoms with Crippen LogP contribution in [0.15, 0.2) is 18.2 Å². The molecule has 1 amide bonds. The Kier molecular flexibility index (Phi) is 4.84. The number of aromatic hydroxyl groups is 1. The van der Waals surface area contributed by atoms with Crippen LogP contribution in [0.2, 0.25) is 0 Å². The first-order valence-electron chi connectivity index (χ1n) is 7.05. The number of likely N-dealkylation sites (N-methyl/N-ethyl adjacent to an activating group) is 1. The lowest BCUT2D eigenvalue weighted by molar-refractivity contribution is 0.0902. The lowest BCUT2D eigenvalue weighted by Crippen LogP contribution is -2.47. The first-order valence-corrected chi connectivity index (χ1v) is 7.05. The first-order chi connectivity index (χ1) is 9.65. The number of benzene rings is 1. The summed E-state index contributed by atoms with van der Waals surface area (Å²) in [7, 11) is 1.47. The minimum Gasteiger partial charge on any atom is -0.504 e. The largest absolute Gasteiger partial charge is 0.504 e. The van der Waals surface area contributed by atoms with Crippen LogP contribution in [0.3, 0.4) is 0 Å². The fourth-order valence-electron chi connectivity index (χ4n) is 2.59. The molecule has 2 N–H and O–H groups in total. The molecule has 0 bridgehead atoms. The average Bonchev–Trinajstić information content (AvgIpc) is 2.47. The molecule has 1 aromatic rings. The number of piperidine rings is 1. The number of phenolic OH excluding ortho intramolecular Hbond substituents is 1. The van der Waals surface area contributed by atoms with E-state index in [1.54, 1.807) is 18.2 Å². The Morgan fingerprint density at radius 2 is 2.35 bits per heavy atom. The molecule has 1 fully saturated rings. The Bertz CT molecular complexity index is 476. The molecule has 1 saturated heterocycles. The number of ether oxygens (including phenoxy) is 1. The van der Waals surface area contributed by atoms with E-state index >= 15 is 0 Å². The molecule has 1 aromatic carbocycles. The number of rotatable bonds is 4. The second-order valence-corrected chi connectivity index (χ2v) is 5.06. The monoisotopic (exact) mass is 278 g/mol. The van der Waals surface area contributed by atoms with E-state index in [2.05, 4.69) is 17.1 Å². The molecular formula is C15H22N2O3. The predicted octanol–water partition coefficient (Wildman–Crippen LogP) is 1.61. The highest BCUT2D eigenvalue weighted by Crippen LogP contribution is 2.29. The Morgan fingerprint density at radius 1 is 1.55 bits per heavy atom. The summed E-state index contributed by atoms with van der Waals surface area (Å²) in [6, 6.07) is 5.08. The first kappa shape index (κ1) is 14.7. The molecule has 0 spiro atoms. The summed E-state index contributed by atoms with van der Waals surface area (Å²) in [5, 5.41) is 13.0. The van der Waals surface area contributed by atoms with Crippen LogP contribution in [0, 0.1) is 0 Å². The van der Waals surface area contributed by atoms with Crippen molar-refractivity contribution >= 4 is 5.91 Å². The van der Waals surface area contributed by atoms with E-state index in [0.29, 0.717) is 5.75 Å². The predicted molar refractivity (Wildman–Crippen MR) is 77.3 cm³/mol. The number of methoxy groups -OCH3 is 1. The second kappa shape index (κ2) is 6.61. The molecular weight excluding hydrogens is 256 g/mol. The maximum absolute atomic E-state index is 12.3. The van der Waals surface area contributed by atoms with Crippen molar-refractivity contribution in [1.29, 1.82) is 0 Å². The van der Waals surface area contributed by atoms with Gasteiger partial charge in [0.1, 0.15) is 0 Å². The zero-order chi connectivity index (χ0) is 14.5. The van der Waals surface area contributed by atoms with Gasteiger partial charge in [0.15, 0.2) is 11.5 Å². The normalized spacial score (nSPS) is 19.6. The van der Waals surface area contributed by atoms with Crippen molar-refractivity contribution in [2.24, 2.45) is 0 Å². The van der Waals surface area contributed by atoms with Crippen molar-refractivity contribution in [3.8, 4) is 11.5 Å². The topological polar surface area (TPSA) is 61.8 Å². The Morgan fingerprint density at radius 3 is 3.05 bits per heavy atom. The van der Waals surface area contributed by atoms with Crippen molar-refractivity contribution in [2.75, 3.05) is 26.7 Å². The quantitative estimate of drug-likeness (QED) is 0.878. The maximum Gasteiger partial charge on any atom is 0.255 e. The zero-order valence-electron chi connectivity index (χ0n) is 12.1. The van der Waals surface area contributed by atoms with Crippen LogP contribution in [0.25, 0.3) is 0 Å². The summed E-state index contributed by atoms with van der Waals surface area (Å²) in [5.74, 6) is -0.0310. The maximum atomic E-state index is 12.3. The van der Waals surface area contributed by atoms with E-state index in [-0.39, 0.29) is 23.3 Å². The standard InChI is InChI=1S/C15H22N2O3/c1-3-17-9-5-6-11(10-17)16-15(19)12-7-4-8-13(20-2)14(12)18/h4,7-8,11,18H,3,5-6,9-10H2,1-2H3,(H,16,19). The van der Waals surface area contributed by atoms with Gasteiger partial charge >= 0.3 is 0 Å². The molecule has 1 unspecified atom stereocenters. The number of nitrogens with one attached hydrogen (secondary N) is 1. The SMILES string of the molecule is CCN1CCCC(NC(=O)c2cccc(OC)c2O)C1. The molecule has 0 aliphatic carbocycles. The third-order valence-electron chi connectivity index (χ3n) is 3.75. The van der Waals surface area contributed by atoms with Gasteiger partial charge in [-0.25, -0.2) is 0 Å². The van der Waals surface area contributed by atoms with E-state index in [1.807, 2.05) is 0 Å². The van der Waals surface area contributed by atoms with Gasteiger partial charge in [-0.05, 0) is 38.1 Å². The molecule has 2 rings (SSSR count). The lowest BCUT2D eigenvalue weighted by Gasteiger charge is -2.32. The number of amides is 1. The molecule has 5 heteroatoms. The highest BCUT2D eigenvalue weighted by Gasteiger charge is 2.22. The zero-order valence-corrected chi connectivity index (χ0v) is 12.1. The Hall–Kier alpha value is -1.75. The number of hydrogen-bond donors (Lipinski definition) is 2. The summed E-state index contributed by atoms with van der Waals surface area (Å²) in [6.45, 7) is 5.08. The molecule has 20 heavy (non-hydrogen) atoms. The van der Waals surface area contributed by atoms with Gasteiger partial charge < -0.3 is 20.1 Å². The van der Waals surface area contributed by atoms with Crippen molar-refractivity contribution in [3.05, 3.63) is 23.8 Å². The van der Waals surface area contributed by atoms with Crippen LogP contribution in [-0.2, 0) is 0 Å². The van der Waals surface area contributed by atoms with E-state index in [9.17, 15) is 9.90 Å². The summed E-state index contributed by atoms with van der Waals surface area (Å²) in [6.07, 6.45) is 2.07. The smallest absolute Gasteiger partial charge is 0.255 e. The summed E-state index contributed by atoms with van der Waals surface area (Å²) in [5.41, 5.74) is 0.262. The molecule has 1 heterocycles. The summed E-state index contributed by atoms with van der Waals surface area (Å²) in [4.78, 5) is 14.6. The van der Waals surface area contributed by atoms with Crippen molar-refractivity contribution in [1.82, 2.24) is 10.2 Å². The number of nitrogens with zero attached hydrogens (tertiary/aromatic N) is 1. The van der Waals surface area contributed by atoms with Crippen LogP contribution >= 0.6 is 0 Å². The third kappa shape index (κ3) is 3.22. The van der Waals surface area contributed by atoms with Crippen molar-refractivity contribution in [2.45, 2.75) is 25.8 Å². The van der Waals surface area contributed by atoms with Gasteiger partial charge in [0.25, 0.3) is 5.91 Å². The highest BCUT2D eigenvalue weighted by atomic mass is 16.5. The van der Waals surface area contributed by atoms with Gasteiger partial charge in [0.2, 0.25) is 0 Å². The molecule has 1 aliphatic heterocycles. The molecule has 5 nitrogen and oxygen atoms in total. The number of carbonyl (C=O) groups is 1. The Balaban J connectivity index is 2.05. The number of likely N-dealkylation sites (tertiary alicyclic amines) is 1. The minimum absolute atomic E-state index is 0.101. The van der Waals surface area contributed by atoms with Gasteiger partial charge in [0.05, 0.1) is 12.7 Å². The van der Waals surface area contributed by atoms with Crippen molar-refractivity contribution < 1.29 is 14.6 Å². The third-order valence-corrected chi connectivity index (χ3v) is 3.75. The van der Waals surface area contributed by atoms with E-state index in [1.165, 1.54) is 7.11 Å². The van der Waals surface area contributed by atoms with Crippen LogP contribution < -0.4 is 10.1 Å². The van der Waals surface area contributed by atoms with Gasteiger partial charge in [0, 0.05) is 12.6 Å². The van der Waals surface area contributed by atoms with Crippen LogP contribution in [-0.4, -0.2) is 48.7 Å². The number of para-hydroxylation sites is 1.